The molecule has 0 aliphatic carbocycles. The Bertz CT molecular complexity index is 1290. The zero-order valence-electron chi connectivity index (χ0n) is 18.1. The highest BCUT2D eigenvalue weighted by atomic mass is 19.4. The minimum atomic E-state index is -5.01. The number of rotatable bonds is 7. The van der Waals surface area contributed by atoms with Crippen LogP contribution in [-0.4, -0.2) is 6.36 Å². The van der Waals surface area contributed by atoms with E-state index in [4.69, 9.17) is 0 Å². The fourth-order valence-corrected chi connectivity index (χ4v) is 4.14. The van der Waals surface area contributed by atoms with Crippen LogP contribution in [0.25, 0.3) is 32.7 Å². The van der Waals surface area contributed by atoms with E-state index >= 15 is 4.39 Å². The molecular weight excluding hydrogens is 435 g/mol. The van der Waals surface area contributed by atoms with Gasteiger partial charge in [0.2, 0.25) is 0 Å². The van der Waals surface area contributed by atoms with Gasteiger partial charge >= 0.3 is 6.36 Å². The van der Waals surface area contributed by atoms with Crippen LogP contribution in [0.5, 0.6) is 5.75 Å². The van der Waals surface area contributed by atoms with Gasteiger partial charge in [-0.2, -0.15) is 0 Å². The predicted molar refractivity (Wildman–Crippen MR) is 121 cm³/mol. The SMILES string of the molecule is CCCCCCc1ccc2c(ccc3cc(-c4ccc(OC(F)(F)F)c(F)c4)c(F)cc32)c1. The Kier molecular flexibility index (Phi) is 6.54. The normalized spacial score (nSPS) is 11.9. The van der Waals surface area contributed by atoms with E-state index in [1.165, 1.54) is 37.0 Å². The highest BCUT2D eigenvalue weighted by Gasteiger charge is 2.32. The molecule has 0 aliphatic rings. The average molecular weight is 458 g/mol. The van der Waals surface area contributed by atoms with Gasteiger partial charge in [-0.15, -0.1) is 13.2 Å². The summed E-state index contributed by atoms with van der Waals surface area (Å²) >= 11 is 0. The second kappa shape index (κ2) is 9.38. The van der Waals surface area contributed by atoms with E-state index in [9.17, 15) is 17.6 Å². The second-order valence-corrected chi connectivity index (χ2v) is 8.18. The van der Waals surface area contributed by atoms with Crippen LogP contribution in [-0.2, 0) is 6.42 Å². The van der Waals surface area contributed by atoms with Gasteiger partial charge in [0.15, 0.2) is 11.6 Å². The Morgan fingerprint density at radius 1 is 0.727 bits per heavy atom. The van der Waals surface area contributed by atoms with Crippen molar-refractivity contribution >= 4 is 21.5 Å². The molecule has 33 heavy (non-hydrogen) atoms. The van der Waals surface area contributed by atoms with Gasteiger partial charge in [-0.25, -0.2) is 8.78 Å². The molecule has 1 nitrogen and oxygen atoms in total. The smallest absolute Gasteiger partial charge is 0.403 e. The number of fused-ring (bicyclic) bond motifs is 3. The molecule has 0 aliphatic heterocycles. The molecule has 0 amide bonds. The largest absolute Gasteiger partial charge is 0.573 e. The lowest BCUT2D eigenvalue weighted by Gasteiger charge is -2.12. The van der Waals surface area contributed by atoms with Crippen LogP contribution in [0.2, 0.25) is 0 Å². The summed E-state index contributed by atoms with van der Waals surface area (Å²) < 4.78 is 70.0. The molecule has 0 aromatic heterocycles. The van der Waals surface area contributed by atoms with Crippen molar-refractivity contribution in [3.05, 3.63) is 77.9 Å². The lowest BCUT2D eigenvalue weighted by atomic mass is 9.95. The third kappa shape index (κ3) is 5.27. The molecule has 0 saturated carbocycles. The van der Waals surface area contributed by atoms with Gasteiger partial charge in [-0.3, -0.25) is 0 Å². The van der Waals surface area contributed by atoms with Gasteiger partial charge < -0.3 is 4.74 Å². The van der Waals surface area contributed by atoms with Crippen molar-refractivity contribution < 1.29 is 26.7 Å². The molecule has 0 heterocycles. The van der Waals surface area contributed by atoms with Crippen LogP contribution in [0.4, 0.5) is 22.0 Å². The van der Waals surface area contributed by atoms with Gasteiger partial charge in [0.1, 0.15) is 5.82 Å². The first kappa shape index (κ1) is 23.0. The number of hydrogen-bond acceptors (Lipinski definition) is 1. The molecule has 4 aromatic carbocycles. The Morgan fingerprint density at radius 2 is 1.48 bits per heavy atom. The van der Waals surface area contributed by atoms with Gasteiger partial charge in [0, 0.05) is 5.56 Å². The molecule has 172 valence electrons. The highest BCUT2D eigenvalue weighted by molar-refractivity contribution is 6.08. The molecule has 0 radical (unpaired) electrons. The van der Waals surface area contributed by atoms with Crippen LogP contribution in [0.15, 0.2) is 60.7 Å². The quantitative estimate of drug-likeness (QED) is 0.153. The van der Waals surface area contributed by atoms with Crippen molar-refractivity contribution in [3.63, 3.8) is 0 Å². The first-order valence-electron chi connectivity index (χ1n) is 11.0. The zero-order valence-corrected chi connectivity index (χ0v) is 18.1. The predicted octanol–water partition coefficient (Wildman–Crippen LogP) is 8.96. The van der Waals surface area contributed by atoms with Gasteiger partial charge in [-0.05, 0) is 69.8 Å². The standard InChI is InChI=1S/C27H23F5O/c1-2-3-4-5-6-17-7-11-21-18(13-17)8-9-19-14-23(24(28)16-22(19)21)20-10-12-26(25(29)15-20)33-27(30,31)32/h7-16H,2-6H2,1H3. The molecule has 0 bridgehead atoms. The lowest BCUT2D eigenvalue weighted by Crippen LogP contribution is -2.17. The van der Waals surface area contributed by atoms with Crippen LogP contribution in [0.3, 0.4) is 0 Å². The summed E-state index contributed by atoms with van der Waals surface area (Å²) in [4.78, 5) is 0. The second-order valence-electron chi connectivity index (χ2n) is 8.18. The summed E-state index contributed by atoms with van der Waals surface area (Å²) in [5, 5.41) is 3.41. The maximum Gasteiger partial charge on any atom is 0.573 e. The molecule has 4 rings (SSSR count). The molecule has 6 heteroatoms. The van der Waals surface area contributed by atoms with E-state index in [0.717, 1.165) is 46.5 Å². The Morgan fingerprint density at radius 3 is 2.18 bits per heavy atom. The van der Waals surface area contributed by atoms with Crippen LogP contribution < -0.4 is 4.74 Å². The first-order valence-corrected chi connectivity index (χ1v) is 11.0. The topological polar surface area (TPSA) is 9.23 Å². The van der Waals surface area contributed by atoms with Crippen molar-refractivity contribution in [1.29, 1.82) is 0 Å². The van der Waals surface area contributed by atoms with E-state index in [1.54, 1.807) is 6.07 Å². The summed E-state index contributed by atoms with van der Waals surface area (Å²) in [6.45, 7) is 2.18. The lowest BCUT2D eigenvalue weighted by molar-refractivity contribution is -0.275. The number of ether oxygens (including phenoxy) is 1. The monoisotopic (exact) mass is 458 g/mol. The molecule has 0 spiro atoms. The summed E-state index contributed by atoms with van der Waals surface area (Å²) in [6, 6.07) is 15.9. The van der Waals surface area contributed by atoms with E-state index in [2.05, 4.69) is 23.8 Å². The maximum atomic E-state index is 15.0. The third-order valence-corrected chi connectivity index (χ3v) is 5.78. The fraction of sp³-hybridized carbons (Fsp3) is 0.259. The summed E-state index contributed by atoms with van der Waals surface area (Å²) in [5.74, 6) is -2.75. The van der Waals surface area contributed by atoms with Crippen molar-refractivity contribution in [2.75, 3.05) is 0 Å². The number of unbranched alkanes of at least 4 members (excludes halogenated alkanes) is 3. The van der Waals surface area contributed by atoms with E-state index in [-0.39, 0.29) is 11.1 Å². The number of alkyl halides is 3. The molecule has 0 unspecified atom stereocenters. The van der Waals surface area contributed by atoms with Gasteiger partial charge in [-0.1, -0.05) is 62.6 Å². The number of halogens is 5. The minimum absolute atomic E-state index is 0.104. The highest BCUT2D eigenvalue weighted by Crippen LogP contribution is 2.35. The summed E-state index contributed by atoms with van der Waals surface area (Å²) in [5.41, 5.74) is 1.47. The number of hydrogen-bond donors (Lipinski definition) is 0. The molecule has 0 atom stereocenters. The number of aryl methyl sites for hydroxylation is 1. The average Bonchev–Trinajstić information content (AvgIpc) is 2.76. The van der Waals surface area contributed by atoms with Crippen molar-refractivity contribution in [1.82, 2.24) is 0 Å². The third-order valence-electron chi connectivity index (χ3n) is 5.78. The van der Waals surface area contributed by atoms with Crippen LogP contribution >= 0.6 is 0 Å². The van der Waals surface area contributed by atoms with E-state index in [1.807, 2.05) is 18.2 Å². The zero-order chi connectivity index (χ0) is 23.6. The molecule has 0 fully saturated rings. The van der Waals surface area contributed by atoms with Crippen molar-refractivity contribution in [3.8, 4) is 16.9 Å². The maximum absolute atomic E-state index is 15.0. The van der Waals surface area contributed by atoms with Gasteiger partial charge in [0.25, 0.3) is 0 Å². The van der Waals surface area contributed by atoms with Crippen LogP contribution in [0.1, 0.15) is 38.2 Å². The van der Waals surface area contributed by atoms with E-state index in [0.29, 0.717) is 0 Å². The van der Waals surface area contributed by atoms with Crippen LogP contribution in [0, 0.1) is 11.6 Å². The summed E-state index contributed by atoms with van der Waals surface area (Å²) in [7, 11) is 0. The van der Waals surface area contributed by atoms with Gasteiger partial charge in [0.05, 0.1) is 0 Å². The molecule has 0 saturated heterocycles. The Hall–Kier alpha value is -3.15. The van der Waals surface area contributed by atoms with E-state index < -0.39 is 23.7 Å². The van der Waals surface area contributed by atoms with Crippen molar-refractivity contribution in [2.24, 2.45) is 0 Å². The summed E-state index contributed by atoms with van der Waals surface area (Å²) in [6.07, 6.45) is 0.740. The molecular formula is C27H23F5O. The van der Waals surface area contributed by atoms with Crippen molar-refractivity contribution in [2.45, 2.75) is 45.4 Å². The number of benzene rings is 4. The Labute approximate surface area is 188 Å². The molecule has 4 aromatic rings. The minimum Gasteiger partial charge on any atom is -0.403 e. The fourth-order valence-electron chi connectivity index (χ4n) is 4.14. The Balaban J connectivity index is 1.67. The first-order chi connectivity index (χ1) is 15.7. The molecule has 0 N–H and O–H groups in total.